The molecule has 0 atom stereocenters. The van der Waals surface area contributed by atoms with Crippen LogP contribution in [0.4, 0.5) is 17.1 Å². The van der Waals surface area contributed by atoms with E-state index in [1.165, 1.54) is 61.2 Å². The lowest BCUT2D eigenvalue weighted by Gasteiger charge is -2.30. The predicted octanol–water partition coefficient (Wildman–Crippen LogP) is 14.1. The van der Waals surface area contributed by atoms with E-state index in [9.17, 15) is 0 Å². The molecule has 2 nitrogen and oxygen atoms in total. The van der Waals surface area contributed by atoms with Gasteiger partial charge in [-0.15, -0.1) is 0 Å². The van der Waals surface area contributed by atoms with Crippen molar-refractivity contribution >= 4 is 17.1 Å². The Morgan fingerprint density at radius 2 is 0.909 bits per heavy atom. The maximum absolute atomic E-state index is 6.76. The molecule has 264 valence electrons. The summed E-state index contributed by atoms with van der Waals surface area (Å²) in [4.78, 5) is 2.47. The number of anilines is 3. The van der Waals surface area contributed by atoms with Crippen molar-refractivity contribution in [3.8, 4) is 44.9 Å². The fraction of sp³-hybridized carbons (Fsp3) is 0.0943. The third kappa shape index (κ3) is 5.73. The highest BCUT2D eigenvalue weighted by atomic mass is 16.5. The van der Waals surface area contributed by atoms with Crippen LogP contribution >= 0.6 is 0 Å². The van der Waals surface area contributed by atoms with E-state index in [0.717, 1.165) is 47.0 Å². The molecular formula is C53H41NO. The quantitative estimate of drug-likeness (QED) is 0.181. The van der Waals surface area contributed by atoms with Crippen LogP contribution in [0, 0.1) is 0 Å². The lowest BCUT2D eigenvalue weighted by Crippen LogP contribution is -2.17. The lowest BCUT2D eigenvalue weighted by atomic mass is 9.82. The van der Waals surface area contributed by atoms with Crippen molar-refractivity contribution < 1.29 is 4.74 Å². The molecule has 1 aliphatic carbocycles. The molecule has 0 amide bonds. The molecule has 2 heteroatoms. The van der Waals surface area contributed by atoms with Gasteiger partial charge in [-0.3, -0.25) is 0 Å². The Labute approximate surface area is 324 Å². The van der Waals surface area contributed by atoms with E-state index in [1.54, 1.807) is 0 Å². The zero-order valence-electron chi connectivity index (χ0n) is 31.2. The van der Waals surface area contributed by atoms with Crippen LogP contribution in [0.3, 0.4) is 0 Å². The van der Waals surface area contributed by atoms with Gasteiger partial charge in [0.2, 0.25) is 0 Å². The van der Waals surface area contributed by atoms with Crippen molar-refractivity contribution in [1.82, 2.24) is 0 Å². The Hall–Kier alpha value is -6.64. The Bertz CT molecular complexity index is 2720. The van der Waals surface area contributed by atoms with Gasteiger partial charge >= 0.3 is 0 Å². The lowest BCUT2D eigenvalue weighted by molar-refractivity contribution is 0.472. The van der Waals surface area contributed by atoms with Gasteiger partial charge in [0.15, 0.2) is 0 Å². The van der Waals surface area contributed by atoms with Gasteiger partial charge in [-0.2, -0.15) is 0 Å². The van der Waals surface area contributed by atoms with Crippen LogP contribution in [0.2, 0.25) is 0 Å². The summed E-state index contributed by atoms with van der Waals surface area (Å²) in [7, 11) is 0. The summed E-state index contributed by atoms with van der Waals surface area (Å²) >= 11 is 0. The molecule has 1 aliphatic heterocycles. The highest BCUT2D eigenvalue weighted by molar-refractivity contribution is 5.91. The van der Waals surface area contributed by atoms with Crippen LogP contribution < -0.4 is 9.64 Å². The summed E-state index contributed by atoms with van der Waals surface area (Å²) < 4.78 is 6.76. The second kappa shape index (κ2) is 13.3. The molecule has 0 bridgehead atoms. The zero-order valence-corrected chi connectivity index (χ0v) is 31.2. The first-order chi connectivity index (χ1) is 27.0. The first kappa shape index (κ1) is 33.0. The Morgan fingerprint density at radius 1 is 0.400 bits per heavy atom. The fourth-order valence-corrected chi connectivity index (χ4v) is 8.88. The maximum atomic E-state index is 6.76. The largest absolute Gasteiger partial charge is 0.457 e. The molecule has 0 saturated carbocycles. The van der Waals surface area contributed by atoms with Crippen molar-refractivity contribution in [3.05, 3.63) is 221 Å². The summed E-state index contributed by atoms with van der Waals surface area (Å²) in [6, 6.07) is 68.5. The van der Waals surface area contributed by atoms with Crippen molar-refractivity contribution in [2.24, 2.45) is 0 Å². The first-order valence-corrected chi connectivity index (χ1v) is 19.3. The molecule has 0 spiro atoms. The zero-order chi connectivity index (χ0) is 36.9. The normalized spacial score (nSPS) is 13.4. The number of para-hydroxylation sites is 3. The molecule has 8 aromatic rings. The topological polar surface area (TPSA) is 12.5 Å². The minimum Gasteiger partial charge on any atom is -0.457 e. The third-order valence-electron chi connectivity index (χ3n) is 11.6. The minimum atomic E-state index is -0.126. The van der Waals surface area contributed by atoms with Gasteiger partial charge in [0.1, 0.15) is 11.5 Å². The van der Waals surface area contributed by atoms with Crippen LogP contribution in [0.25, 0.3) is 33.4 Å². The van der Waals surface area contributed by atoms with E-state index in [4.69, 9.17) is 4.74 Å². The fourth-order valence-electron chi connectivity index (χ4n) is 8.88. The predicted molar refractivity (Wildman–Crippen MR) is 228 cm³/mol. The molecule has 0 aromatic heterocycles. The number of hydrogen-bond acceptors (Lipinski definition) is 2. The van der Waals surface area contributed by atoms with Gasteiger partial charge < -0.3 is 9.64 Å². The molecule has 0 unspecified atom stereocenters. The van der Waals surface area contributed by atoms with Crippen molar-refractivity contribution in [2.75, 3.05) is 4.90 Å². The molecule has 0 N–H and O–H groups in total. The van der Waals surface area contributed by atoms with Gasteiger partial charge in [-0.1, -0.05) is 159 Å². The van der Waals surface area contributed by atoms with Gasteiger partial charge in [-0.05, 0) is 104 Å². The van der Waals surface area contributed by atoms with Crippen molar-refractivity contribution in [1.29, 1.82) is 0 Å². The van der Waals surface area contributed by atoms with E-state index in [0.29, 0.717) is 0 Å². The van der Waals surface area contributed by atoms with Gasteiger partial charge in [0, 0.05) is 35.2 Å². The average Bonchev–Trinajstić information content (AvgIpc) is 3.44. The highest BCUT2D eigenvalue weighted by Crippen LogP contribution is 2.51. The molecular weight excluding hydrogens is 667 g/mol. The van der Waals surface area contributed by atoms with E-state index in [1.807, 2.05) is 0 Å². The van der Waals surface area contributed by atoms with E-state index in [-0.39, 0.29) is 5.41 Å². The average molecular weight is 708 g/mol. The minimum absolute atomic E-state index is 0.126. The number of benzene rings is 8. The van der Waals surface area contributed by atoms with Crippen LogP contribution in [-0.2, 0) is 18.3 Å². The van der Waals surface area contributed by atoms with E-state index >= 15 is 0 Å². The van der Waals surface area contributed by atoms with Crippen LogP contribution in [0.15, 0.2) is 188 Å². The van der Waals surface area contributed by atoms with E-state index < -0.39 is 0 Å². The summed E-state index contributed by atoms with van der Waals surface area (Å²) in [6.07, 6.45) is 1.50. The highest BCUT2D eigenvalue weighted by Gasteiger charge is 2.36. The summed E-state index contributed by atoms with van der Waals surface area (Å²) in [5.74, 6) is 1.80. The number of rotatable bonds is 4. The maximum Gasteiger partial charge on any atom is 0.130 e. The first-order valence-electron chi connectivity index (χ1n) is 19.3. The van der Waals surface area contributed by atoms with Gasteiger partial charge in [0.25, 0.3) is 0 Å². The van der Waals surface area contributed by atoms with Crippen LogP contribution in [0.5, 0.6) is 11.5 Å². The van der Waals surface area contributed by atoms with Crippen LogP contribution in [0.1, 0.15) is 47.2 Å². The molecule has 0 fully saturated rings. The third-order valence-corrected chi connectivity index (χ3v) is 11.6. The standard InChI is InChI=1S/C53H41NO/c1-53(2)48-24-12-10-23-46(48)47-31-29-42(35-49(47)53)54(50-25-13-11-22-45(50)36-16-4-3-5-17-36)41-28-30-44-40(34-41)33-39-20-8-15-27-52(39)55-51-26-14-7-19-38(51)32-37-18-6-9-21-43(37)44/h3-31,34-35H,32-33H2,1-2H3. The second-order valence-corrected chi connectivity index (χ2v) is 15.3. The molecule has 55 heavy (non-hydrogen) atoms. The van der Waals surface area contributed by atoms with Crippen molar-refractivity contribution in [2.45, 2.75) is 32.1 Å². The Balaban J connectivity index is 1.20. The molecule has 2 aliphatic rings. The number of fused-ring (bicyclic) bond motifs is 8. The summed E-state index contributed by atoms with van der Waals surface area (Å²) in [5.41, 5.74) is 18.4. The van der Waals surface area contributed by atoms with E-state index in [2.05, 4.69) is 207 Å². The van der Waals surface area contributed by atoms with Crippen LogP contribution in [-0.4, -0.2) is 0 Å². The molecule has 10 rings (SSSR count). The second-order valence-electron chi connectivity index (χ2n) is 15.3. The Kier molecular flexibility index (Phi) is 7.99. The SMILES string of the molecule is CC1(C)c2ccccc2-c2ccc(N(c3ccc4c(c3)Cc3ccccc3Oc3ccccc3Cc3ccccc3-4)c3ccccc3-c3ccccc3)cc21. The molecule has 8 aromatic carbocycles. The van der Waals surface area contributed by atoms with Gasteiger partial charge in [0.05, 0.1) is 5.69 Å². The number of nitrogens with zero attached hydrogens (tertiary/aromatic N) is 1. The number of hydrogen-bond donors (Lipinski definition) is 0. The van der Waals surface area contributed by atoms with Gasteiger partial charge in [-0.25, -0.2) is 0 Å². The monoisotopic (exact) mass is 707 g/mol. The van der Waals surface area contributed by atoms with Crippen molar-refractivity contribution in [3.63, 3.8) is 0 Å². The molecule has 0 radical (unpaired) electrons. The molecule has 1 heterocycles. The summed E-state index contributed by atoms with van der Waals surface area (Å²) in [6.45, 7) is 4.72. The number of ether oxygens (including phenoxy) is 1. The Morgan fingerprint density at radius 3 is 1.65 bits per heavy atom. The smallest absolute Gasteiger partial charge is 0.130 e. The molecule has 0 saturated heterocycles. The summed E-state index contributed by atoms with van der Waals surface area (Å²) in [5, 5.41) is 0.